The van der Waals surface area contributed by atoms with E-state index in [4.69, 9.17) is 4.42 Å². The molecule has 6 nitrogen and oxygen atoms in total. The molecule has 168 valence electrons. The Morgan fingerprint density at radius 1 is 0.853 bits per heavy atom. The van der Waals surface area contributed by atoms with Crippen LogP contribution in [0, 0.1) is 0 Å². The molecule has 3 aromatic heterocycles. The maximum Gasteiger partial charge on any atom is 0.227 e. The van der Waals surface area contributed by atoms with Crippen molar-refractivity contribution in [3.8, 4) is 11.5 Å². The van der Waals surface area contributed by atoms with Crippen LogP contribution in [-0.2, 0) is 12.8 Å². The highest BCUT2D eigenvalue weighted by atomic mass is 31.0. The van der Waals surface area contributed by atoms with Crippen molar-refractivity contribution in [1.29, 1.82) is 0 Å². The fourth-order valence-corrected chi connectivity index (χ4v) is 4.76. The Morgan fingerprint density at radius 2 is 1.65 bits per heavy atom. The molecule has 7 heteroatoms. The van der Waals surface area contributed by atoms with Gasteiger partial charge in [0.2, 0.25) is 5.89 Å². The van der Waals surface area contributed by atoms with Gasteiger partial charge in [-0.05, 0) is 85.1 Å². The van der Waals surface area contributed by atoms with Gasteiger partial charge in [-0.15, -0.1) is 9.24 Å². The number of oxazole rings is 1. The Bertz CT molecular complexity index is 1450. The Morgan fingerprint density at radius 3 is 2.50 bits per heavy atom. The zero-order chi connectivity index (χ0) is 22.9. The van der Waals surface area contributed by atoms with E-state index in [9.17, 15) is 0 Å². The summed E-state index contributed by atoms with van der Waals surface area (Å²) in [6.07, 6.45) is 8.66. The van der Waals surface area contributed by atoms with E-state index in [1.54, 1.807) is 12.4 Å². The zero-order valence-corrected chi connectivity index (χ0v) is 19.7. The molecule has 2 N–H and O–H groups in total. The van der Waals surface area contributed by atoms with E-state index in [-0.39, 0.29) is 0 Å². The number of nitrogens with zero attached hydrogens (tertiary/aromatic N) is 3. The molecular formula is C27H24N5OP. The van der Waals surface area contributed by atoms with Crippen LogP contribution in [0.3, 0.4) is 0 Å². The molecule has 0 saturated heterocycles. The molecule has 6 rings (SSSR count). The van der Waals surface area contributed by atoms with E-state index in [0.717, 1.165) is 52.3 Å². The summed E-state index contributed by atoms with van der Waals surface area (Å²) in [6.45, 7) is 0. The average molecular weight is 465 g/mol. The van der Waals surface area contributed by atoms with Crippen molar-refractivity contribution in [2.45, 2.75) is 24.9 Å². The smallest absolute Gasteiger partial charge is 0.227 e. The molecule has 0 spiro atoms. The van der Waals surface area contributed by atoms with Crippen LogP contribution in [0.15, 0.2) is 83.7 Å². The molecule has 0 fully saturated rings. The highest BCUT2D eigenvalue weighted by molar-refractivity contribution is 7.17. The number of aryl methyl sites for hydroxylation is 1. The minimum Gasteiger partial charge on any atom is -0.436 e. The quantitative estimate of drug-likeness (QED) is 0.289. The summed E-state index contributed by atoms with van der Waals surface area (Å²) in [5.74, 6) is 0.606. The number of rotatable bonds is 5. The lowest BCUT2D eigenvalue weighted by Gasteiger charge is -2.23. The minimum absolute atomic E-state index is 0.606. The summed E-state index contributed by atoms with van der Waals surface area (Å²) in [5, 5.41) is 6.93. The van der Waals surface area contributed by atoms with Gasteiger partial charge >= 0.3 is 0 Å². The van der Waals surface area contributed by atoms with Crippen LogP contribution < -0.4 is 10.6 Å². The fraction of sp³-hybridized carbons (Fsp3) is 0.148. The van der Waals surface area contributed by atoms with Crippen LogP contribution in [0.25, 0.3) is 22.6 Å². The van der Waals surface area contributed by atoms with Crippen LogP contribution in [-0.4, -0.2) is 20.6 Å². The number of benzene rings is 2. The highest BCUT2D eigenvalue weighted by Gasteiger charge is 2.19. The van der Waals surface area contributed by atoms with Gasteiger partial charge in [0.25, 0.3) is 0 Å². The van der Waals surface area contributed by atoms with Gasteiger partial charge in [-0.25, -0.2) is 4.98 Å². The second kappa shape index (κ2) is 8.88. The summed E-state index contributed by atoms with van der Waals surface area (Å²) in [5.41, 5.74) is 9.74. The van der Waals surface area contributed by atoms with Crippen molar-refractivity contribution in [3.63, 3.8) is 0 Å². The predicted molar refractivity (Wildman–Crippen MR) is 140 cm³/mol. The fourth-order valence-electron chi connectivity index (χ4n) is 4.36. The molecule has 1 aliphatic carbocycles. The SMILES string of the molecule is PC1CCc2nccc(Nc3ccc(-c4nc5ccc(Nc6ccncc6)cc5o4)cc3)c2C1. The van der Waals surface area contributed by atoms with Crippen LogP contribution in [0.1, 0.15) is 17.7 Å². The van der Waals surface area contributed by atoms with E-state index < -0.39 is 0 Å². The number of hydrogen-bond donors (Lipinski definition) is 2. The standard InChI is InChI=1S/C27H24N5OP/c34-21-6-8-23-22(16-21)24(11-14-29-23)31-18-3-1-17(2-4-18)27-32-25-7-5-20(15-26(25)33-27)30-19-9-12-28-13-10-19/h1-5,7,9-15,21H,6,8,16,34H2,(H,28,30)(H,29,31). The van der Waals surface area contributed by atoms with Crippen molar-refractivity contribution >= 4 is 43.1 Å². The molecule has 0 saturated carbocycles. The molecule has 0 radical (unpaired) electrons. The first-order valence-corrected chi connectivity index (χ1v) is 12.1. The van der Waals surface area contributed by atoms with Crippen molar-refractivity contribution in [3.05, 3.63) is 90.5 Å². The molecule has 0 amide bonds. The van der Waals surface area contributed by atoms with E-state index in [2.05, 4.69) is 53.0 Å². The number of hydrogen-bond acceptors (Lipinski definition) is 6. The monoisotopic (exact) mass is 465 g/mol. The summed E-state index contributed by atoms with van der Waals surface area (Å²) in [7, 11) is 2.96. The summed E-state index contributed by atoms with van der Waals surface area (Å²) >= 11 is 0. The molecule has 1 aliphatic rings. The van der Waals surface area contributed by atoms with Gasteiger partial charge in [0.15, 0.2) is 5.58 Å². The Labute approximate surface area is 200 Å². The largest absolute Gasteiger partial charge is 0.436 e. The first kappa shape index (κ1) is 20.8. The molecule has 3 heterocycles. The van der Waals surface area contributed by atoms with Crippen molar-refractivity contribution in [1.82, 2.24) is 15.0 Å². The molecule has 0 bridgehead atoms. The summed E-state index contributed by atoms with van der Waals surface area (Å²) in [6, 6.07) is 20.0. The Balaban J connectivity index is 1.22. The van der Waals surface area contributed by atoms with Crippen LogP contribution >= 0.6 is 9.24 Å². The van der Waals surface area contributed by atoms with Crippen molar-refractivity contribution < 1.29 is 4.42 Å². The van der Waals surface area contributed by atoms with E-state index in [0.29, 0.717) is 11.5 Å². The van der Waals surface area contributed by atoms with E-state index in [1.165, 1.54) is 17.7 Å². The number of pyridine rings is 2. The molecule has 0 aliphatic heterocycles. The molecule has 34 heavy (non-hydrogen) atoms. The highest BCUT2D eigenvalue weighted by Crippen LogP contribution is 2.32. The maximum absolute atomic E-state index is 6.08. The molecule has 2 unspecified atom stereocenters. The second-order valence-electron chi connectivity index (χ2n) is 8.55. The summed E-state index contributed by atoms with van der Waals surface area (Å²) < 4.78 is 6.08. The minimum atomic E-state index is 0.606. The second-order valence-corrected chi connectivity index (χ2v) is 9.49. The van der Waals surface area contributed by atoms with Gasteiger partial charge in [0, 0.05) is 58.7 Å². The number of fused-ring (bicyclic) bond motifs is 2. The third kappa shape index (κ3) is 4.25. The third-order valence-electron chi connectivity index (χ3n) is 6.13. The Hall–Kier alpha value is -3.76. The van der Waals surface area contributed by atoms with Crippen molar-refractivity contribution in [2.75, 3.05) is 10.6 Å². The lowest BCUT2D eigenvalue weighted by molar-refractivity contribution is 0.620. The topological polar surface area (TPSA) is 75.9 Å². The molecule has 2 aromatic carbocycles. The first-order chi connectivity index (χ1) is 16.7. The zero-order valence-electron chi connectivity index (χ0n) is 18.5. The number of aromatic nitrogens is 3. The van der Waals surface area contributed by atoms with E-state index in [1.807, 2.05) is 48.7 Å². The first-order valence-electron chi connectivity index (χ1n) is 11.4. The van der Waals surface area contributed by atoms with Gasteiger partial charge in [-0.3, -0.25) is 9.97 Å². The predicted octanol–water partition coefficient (Wildman–Crippen LogP) is 6.50. The number of nitrogens with one attached hydrogen (secondary N) is 2. The lowest BCUT2D eigenvalue weighted by Crippen LogP contribution is -2.16. The van der Waals surface area contributed by atoms with Crippen LogP contribution in [0.5, 0.6) is 0 Å². The molecule has 5 aromatic rings. The van der Waals surface area contributed by atoms with Gasteiger partial charge < -0.3 is 15.1 Å². The number of anilines is 4. The van der Waals surface area contributed by atoms with Gasteiger partial charge in [-0.2, -0.15) is 0 Å². The van der Waals surface area contributed by atoms with Gasteiger partial charge in [0.1, 0.15) is 5.52 Å². The van der Waals surface area contributed by atoms with Gasteiger partial charge in [-0.1, -0.05) is 0 Å². The van der Waals surface area contributed by atoms with Crippen LogP contribution in [0.2, 0.25) is 0 Å². The van der Waals surface area contributed by atoms with Crippen LogP contribution in [0.4, 0.5) is 22.7 Å². The summed E-state index contributed by atoms with van der Waals surface area (Å²) in [4.78, 5) is 13.3. The van der Waals surface area contributed by atoms with Gasteiger partial charge in [0.05, 0.1) is 0 Å². The lowest BCUT2D eigenvalue weighted by atomic mass is 9.94. The van der Waals surface area contributed by atoms with E-state index >= 15 is 0 Å². The molecular weight excluding hydrogens is 441 g/mol. The maximum atomic E-state index is 6.08. The molecule has 2 atom stereocenters. The van der Waals surface area contributed by atoms with Crippen molar-refractivity contribution in [2.24, 2.45) is 0 Å². The third-order valence-corrected chi connectivity index (χ3v) is 6.70. The Kier molecular flexibility index (Phi) is 5.44. The average Bonchev–Trinajstić information content (AvgIpc) is 3.29. The normalized spacial score (nSPS) is 15.1.